The van der Waals surface area contributed by atoms with Crippen LogP contribution in [0.1, 0.15) is 30.0 Å². The fourth-order valence-corrected chi connectivity index (χ4v) is 3.17. The van der Waals surface area contributed by atoms with Crippen LogP contribution >= 0.6 is 0 Å². The lowest BCUT2D eigenvalue weighted by Crippen LogP contribution is -2.34. The van der Waals surface area contributed by atoms with Crippen LogP contribution in [0.2, 0.25) is 0 Å². The first-order valence-electron chi connectivity index (χ1n) is 8.48. The monoisotopic (exact) mass is 357 g/mol. The molecular weight excluding hydrogens is 334 g/mol. The Kier molecular flexibility index (Phi) is 5.46. The first kappa shape index (κ1) is 17.8. The molecule has 0 radical (unpaired) electrons. The number of carbonyl (C=O) groups is 1. The Balaban J connectivity index is 1.72. The highest BCUT2D eigenvalue weighted by Crippen LogP contribution is 2.32. The van der Waals surface area contributed by atoms with Crippen LogP contribution in [0.15, 0.2) is 30.3 Å². The number of anilines is 1. The minimum atomic E-state index is -0.302. The number of nitrogens with zero attached hydrogens (tertiary/aromatic N) is 1. The molecule has 138 valence electrons. The van der Waals surface area contributed by atoms with Crippen LogP contribution < -0.4 is 24.8 Å². The highest BCUT2D eigenvalue weighted by molar-refractivity contribution is 5.90. The number of fused-ring (bicyclic) bond motifs is 1. The Morgan fingerprint density at radius 3 is 2.69 bits per heavy atom. The maximum atomic E-state index is 12.5. The number of methoxy groups -OCH3 is 3. The van der Waals surface area contributed by atoms with Crippen LogP contribution in [0, 0.1) is 0 Å². The molecule has 1 aliphatic rings. The minimum Gasteiger partial charge on any atom is -0.497 e. The summed E-state index contributed by atoms with van der Waals surface area (Å²) in [5.41, 5.74) is 2.83. The molecule has 3 rings (SSSR count). The summed E-state index contributed by atoms with van der Waals surface area (Å²) in [6.45, 7) is 0. The van der Waals surface area contributed by atoms with Crippen molar-refractivity contribution >= 4 is 11.7 Å². The van der Waals surface area contributed by atoms with Crippen molar-refractivity contribution in [2.45, 2.75) is 25.3 Å². The van der Waals surface area contributed by atoms with Crippen molar-refractivity contribution < 1.29 is 19.0 Å². The van der Waals surface area contributed by atoms with Crippen LogP contribution in [0.5, 0.6) is 17.5 Å². The van der Waals surface area contributed by atoms with Crippen LogP contribution in [0.3, 0.4) is 0 Å². The van der Waals surface area contributed by atoms with E-state index in [-0.39, 0.29) is 12.1 Å². The Labute approximate surface area is 152 Å². The maximum Gasteiger partial charge on any atom is 0.319 e. The summed E-state index contributed by atoms with van der Waals surface area (Å²) in [7, 11) is 4.68. The fraction of sp³-hybridized carbons (Fsp3) is 0.368. The number of urea groups is 1. The summed E-state index contributed by atoms with van der Waals surface area (Å²) in [6, 6.07) is 9.01. The molecule has 26 heavy (non-hydrogen) atoms. The number of benzene rings is 1. The van der Waals surface area contributed by atoms with Gasteiger partial charge in [-0.05, 0) is 48.6 Å². The van der Waals surface area contributed by atoms with Crippen LogP contribution in [0.4, 0.5) is 10.5 Å². The van der Waals surface area contributed by atoms with E-state index >= 15 is 0 Å². The van der Waals surface area contributed by atoms with E-state index in [9.17, 15) is 4.79 Å². The quantitative estimate of drug-likeness (QED) is 0.858. The largest absolute Gasteiger partial charge is 0.497 e. The second-order valence-corrected chi connectivity index (χ2v) is 6.02. The fourth-order valence-electron chi connectivity index (χ4n) is 3.17. The normalized spacial score (nSPS) is 15.6. The van der Waals surface area contributed by atoms with Crippen LogP contribution in [-0.2, 0) is 6.42 Å². The molecule has 2 N–H and O–H groups in total. The van der Waals surface area contributed by atoms with Gasteiger partial charge in [0.05, 0.1) is 27.4 Å². The van der Waals surface area contributed by atoms with E-state index in [4.69, 9.17) is 14.2 Å². The molecule has 0 saturated carbocycles. The number of ether oxygens (including phenoxy) is 3. The van der Waals surface area contributed by atoms with Crippen LogP contribution in [0.25, 0.3) is 0 Å². The zero-order valence-corrected chi connectivity index (χ0v) is 15.2. The molecule has 7 heteroatoms. The van der Waals surface area contributed by atoms with E-state index in [0.717, 1.165) is 30.6 Å². The Bertz CT molecular complexity index is 794. The van der Waals surface area contributed by atoms with Crippen LogP contribution in [-0.4, -0.2) is 32.3 Å². The number of hydrogen-bond acceptors (Lipinski definition) is 5. The number of hydrogen-bond donors (Lipinski definition) is 2. The predicted octanol–water partition coefficient (Wildman–Crippen LogP) is 3.31. The second-order valence-electron chi connectivity index (χ2n) is 6.02. The molecule has 0 unspecified atom stereocenters. The highest BCUT2D eigenvalue weighted by atomic mass is 16.5. The molecule has 0 bridgehead atoms. The summed E-state index contributed by atoms with van der Waals surface area (Å²) in [5, 5.41) is 5.83. The third kappa shape index (κ3) is 3.82. The highest BCUT2D eigenvalue weighted by Gasteiger charge is 2.22. The van der Waals surface area contributed by atoms with Gasteiger partial charge in [0.15, 0.2) is 0 Å². The van der Waals surface area contributed by atoms with E-state index in [2.05, 4.69) is 15.6 Å². The molecule has 0 saturated heterocycles. The van der Waals surface area contributed by atoms with Crippen molar-refractivity contribution in [1.29, 1.82) is 0 Å². The number of aryl methyl sites for hydroxylation is 1. The predicted molar refractivity (Wildman–Crippen MR) is 98.2 cm³/mol. The van der Waals surface area contributed by atoms with E-state index < -0.39 is 0 Å². The number of nitrogens with one attached hydrogen (secondary N) is 2. The smallest absolute Gasteiger partial charge is 0.319 e. The standard InChI is InChI=1S/C19H23N3O4/c1-24-13-7-8-14-12(11-13)5-4-6-15(14)20-19(23)21-16-9-10-17(25-2)22-18(16)26-3/h7-11,15H,4-6H2,1-3H3,(H2,20,21,23)/t15-/m0/s1. The Morgan fingerprint density at radius 1 is 1.12 bits per heavy atom. The van der Waals surface area contributed by atoms with E-state index in [0.29, 0.717) is 17.4 Å². The van der Waals surface area contributed by atoms with Gasteiger partial charge in [-0.1, -0.05) is 6.07 Å². The molecule has 1 heterocycles. The van der Waals surface area contributed by atoms with E-state index in [1.165, 1.54) is 19.8 Å². The van der Waals surface area contributed by atoms with Gasteiger partial charge < -0.3 is 24.8 Å². The van der Waals surface area contributed by atoms with Crippen molar-refractivity contribution in [1.82, 2.24) is 10.3 Å². The van der Waals surface area contributed by atoms with Gasteiger partial charge in [-0.2, -0.15) is 4.98 Å². The second kappa shape index (κ2) is 7.95. The van der Waals surface area contributed by atoms with Crippen molar-refractivity contribution in [2.24, 2.45) is 0 Å². The number of amides is 2. The molecule has 1 atom stereocenters. The summed E-state index contributed by atoms with van der Waals surface area (Å²) >= 11 is 0. The lowest BCUT2D eigenvalue weighted by molar-refractivity contribution is 0.247. The molecule has 1 aromatic heterocycles. The lowest BCUT2D eigenvalue weighted by Gasteiger charge is -2.27. The number of rotatable bonds is 5. The molecule has 7 nitrogen and oxygen atoms in total. The molecule has 2 amide bonds. The van der Waals surface area contributed by atoms with Gasteiger partial charge in [0.25, 0.3) is 0 Å². The zero-order valence-electron chi connectivity index (χ0n) is 15.2. The average molecular weight is 357 g/mol. The molecule has 1 aliphatic carbocycles. The summed E-state index contributed by atoms with van der Waals surface area (Å²) in [6.07, 6.45) is 2.89. The molecule has 2 aromatic rings. The maximum absolute atomic E-state index is 12.5. The molecule has 0 aliphatic heterocycles. The first-order valence-corrected chi connectivity index (χ1v) is 8.48. The third-order valence-electron chi connectivity index (χ3n) is 4.46. The Morgan fingerprint density at radius 2 is 1.96 bits per heavy atom. The van der Waals surface area contributed by atoms with Gasteiger partial charge in [-0.15, -0.1) is 0 Å². The summed E-state index contributed by atoms with van der Waals surface area (Å²) in [4.78, 5) is 16.6. The number of aromatic nitrogens is 1. The van der Waals surface area contributed by atoms with Gasteiger partial charge in [-0.3, -0.25) is 0 Å². The van der Waals surface area contributed by atoms with E-state index in [1.807, 2.05) is 18.2 Å². The lowest BCUT2D eigenvalue weighted by atomic mass is 9.87. The Hall–Kier alpha value is -2.96. The van der Waals surface area contributed by atoms with E-state index in [1.54, 1.807) is 19.2 Å². The topological polar surface area (TPSA) is 81.7 Å². The van der Waals surface area contributed by atoms with Gasteiger partial charge in [0.2, 0.25) is 11.8 Å². The number of pyridine rings is 1. The molecule has 0 fully saturated rings. The summed E-state index contributed by atoms with van der Waals surface area (Å²) < 4.78 is 15.6. The zero-order chi connectivity index (χ0) is 18.5. The van der Waals surface area contributed by atoms with Crippen molar-refractivity contribution in [2.75, 3.05) is 26.6 Å². The van der Waals surface area contributed by atoms with Gasteiger partial charge in [0.1, 0.15) is 11.4 Å². The average Bonchev–Trinajstić information content (AvgIpc) is 2.68. The van der Waals surface area contributed by atoms with Gasteiger partial charge >= 0.3 is 6.03 Å². The molecule has 1 aromatic carbocycles. The van der Waals surface area contributed by atoms with Gasteiger partial charge in [0, 0.05) is 6.07 Å². The van der Waals surface area contributed by atoms with Crippen molar-refractivity contribution in [3.8, 4) is 17.5 Å². The minimum absolute atomic E-state index is 0.0399. The molecule has 0 spiro atoms. The summed E-state index contributed by atoms with van der Waals surface area (Å²) in [5.74, 6) is 1.55. The molecular formula is C19H23N3O4. The first-order chi connectivity index (χ1) is 12.6. The van der Waals surface area contributed by atoms with Gasteiger partial charge in [-0.25, -0.2) is 4.79 Å². The SMILES string of the molecule is COc1ccc2c(c1)CCC[C@@H]2NC(=O)Nc1ccc(OC)nc1OC. The van der Waals surface area contributed by atoms with Crippen molar-refractivity contribution in [3.05, 3.63) is 41.5 Å². The third-order valence-corrected chi connectivity index (χ3v) is 4.46. The number of carbonyl (C=O) groups excluding carboxylic acids is 1. The van der Waals surface area contributed by atoms with Crippen molar-refractivity contribution in [3.63, 3.8) is 0 Å².